The van der Waals surface area contributed by atoms with E-state index in [1.165, 1.54) is 12.1 Å². The van der Waals surface area contributed by atoms with Crippen LogP contribution in [0.5, 0.6) is 0 Å². The van der Waals surface area contributed by atoms with Gasteiger partial charge in [-0.2, -0.15) is 0 Å². The Labute approximate surface area is 92.4 Å². The molecule has 1 N–H and O–H groups in total. The molecule has 1 rings (SSSR count). The largest absolute Gasteiger partial charge is 0.478 e. The fourth-order valence-corrected chi connectivity index (χ4v) is 1.94. The summed E-state index contributed by atoms with van der Waals surface area (Å²) >= 11 is 5.54. The standard InChI is InChI=1S/C9H9ClO4S/c1-15(13,14)8-3-6(5-10)2-7(4-8)9(11)12/h2-4H,5H2,1H3,(H,11,12). The Morgan fingerprint density at radius 1 is 1.40 bits per heavy atom. The minimum absolute atomic E-state index is 0.0296. The minimum Gasteiger partial charge on any atom is -0.478 e. The van der Waals surface area contributed by atoms with Gasteiger partial charge in [0.25, 0.3) is 0 Å². The van der Waals surface area contributed by atoms with Gasteiger partial charge < -0.3 is 5.11 Å². The molecule has 0 amide bonds. The van der Waals surface area contributed by atoms with Gasteiger partial charge in [-0.3, -0.25) is 0 Å². The minimum atomic E-state index is -3.41. The second kappa shape index (κ2) is 4.20. The van der Waals surface area contributed by atoms with E-state index >= 15 is 0 Å². The van der Waals surface area contributed by atoms with Gasteiger partial charge >= 0.3 is 5.97 Å². The second-order valence-corrected chi connectivity index (χ2v) is 5.36. The summed E-state index contributed by atoms with van der Waals surface area (Å²) in [7, 11) is -3.41. The molecule has 0 spiro atoms. The number of benzene rings is 1. The first-order valence-electron chi connectivity index (χ1n) is 3.98. The van der Waals surface area contributed by atoms with E-state index in [0.717, 1.165) is 12.3 Å². The van der Waals surface area contributed by atoms with Crippen LogP contribution in [-0.2, 0) is 15.7 Å². The Kier molecular flexibility index (Phi) is 3.36. The molecular weight excluding hydrogens is 240 g/mol. The van der Waals surface area contributed by atoms with Crippen LogP contribution >= 0.6 is 11.6 Å². The van der Waals surface area contributed by atoms with Crippen molar-refractivity contribution in [1.29, 1.82) is 0 Å². The van der Waals surface area contributed by atoms with Crippen molar-refractivity contribution < 1.29 is 18.3 Å². The van der Waals surface area contributed by atoms with Crippen molar-refractivity contribution in [1.82, 2.24) is 0 Å². The second-order valence-electron chi connectivity index (χ2n) is 3.08. The van der Waals surface area contributed by atoms with Crippen LogP contribution in [0, 0.1) is 0 Å². The van der Waals surface area contributed by atoms with E-state index in [1.54, 1.807) is 0 Å². The molecule has 0 heterocycles. The number of carbonyl (C=O) groups is 1. The van der Waals surface area contributed by atoms with E-state index in [0.29, 0.717) is 5.56 Å². The molecule has 0 fully saturated rings. The summed E-state index contributed by atoms with van der Waals surface area (Å²) in [5.74, 6) is -1.10. The lowest BCUT2D eigenvalue weighted by Gasteiger charge is -2.03. The fourth-order valence-electron chi connectivity index (χ4n) is 1.08. The Morgan fingerprint density at radius 2 is 2.00 bits per heavy atom. The van der Waals surface area contributed by atoms with Crippen LogP contribution in [-0.4, -0.2) is 25.7 Å². The van der Waals surface area contributed by atoms with E-state index < -0.39 is 15.8 Å². The number of carboxylic acid groups (broad SMARTS) is 1. The number of halogens is 1. The molecule has 0 saturated heterocycles. The summed E-state index contributed by atoms with van der Waals surface area (Å²) in [4.78, 5) is 10.7. The van der Waals surface area contributed by atoms with E-state index in [1.807, 2.05) is 0 Å². The fraction of sp³-hybridized carbons (Fsp3) is 0.222. The normalized spacial score (nSPS) is 11.3. The van der Waals surface area contributed by atoms with Crippen LogP contribution in [0.4, 0.5) is 0 Å². The molecule has 4 nitrogen and oxygen atoms in total. The van der Waals surface area contributed by atoms with Gasteiger partial charge in [0.2, 0.25) is 0 Å². The van der Waals surface area contributed by atoms with Crippen molar-refractivity contribution in [3.63, 3.8) is 0 Å². The highest BCUT2D eigenvalue weighted by Crippen LogP contribution is 2.16. The molecule has 1 aromatic rings. The lowest BCUT2D eigenvalue weighted by Crippen LogP contribution is -2.03. The number of alkyl halides is 1. The first-order chi connectivity index (χ1) is 6.84. The van der Waals surface area contributed by atoms with Crippen LogP contribution in [0.2, 0.25) is 0 Å². The molecular formula is C9H9ClO4S. The van der Waals surface area contributed by atoms with Crippen molar-refractivity contribution >= 4 is 27.4 Å². The van der Waals surface area contributed by atoms with Gasteiger partial charge in [-0.1, -0.05) is 0 Å². The van der Waals surface area contributed by atoms with Crippen molar-refractivity contribution in [3.05, 3.63) is 29.3 Å². The zero-order valence-electron chi connectivity index (χ0n) is 7.90. The summed E-state index contributed by atoms with van der Waals surface area (Å²) < 4.78 is 22.5. The molecule has 0 bridgehead atoms. The SMILES string of the molecule is CS(=O)(=O)c1cc(CCl)cc(C(=O)O)c1. The van der Waals surface area contributed by atoms with E-state index in [-0.39, 0.29) is 16.3 Å². The van der Waals surface area contributed by atoms with Crippen LogP contribution in [0.1, 0.15) is 15.9 Å². The maximum Gasteiger partial charge on any atom is 0.335 e. The highest BCUT2D eigenvalue weighted by atomic mass is 35.5. The van der Waals surface area contributed by atoms with E-state index in [2.05, 4.69) is 0 Å². The smallest absolute Gasteiger partial charge is 0.335 e. The molecule has 0 aliphatic heterocycles. The highest BCUT2D eigenvalue weighted by molar-refractivity contribution is 7.90. The lowest BCUT2D eigenvalue weighted by molar-refractivity contribution is 0.0696. The summed E-state index contributed by atoms with van der Waals surface area (Å²) in [5.41, 5.74) is 0.394. The zero-order valence-corrected chi connectivity index (χ0v) is 9.47. The number of hydrogen-bond acceptors (Lipinski definition) is 3. The zero-order chi connectivity index (χ0) is 11.6. The molecule has 15 heavy (non-hydrogen) atoms. The first kappa shape index (κ1) is 12.0. The molecule has 0 aliphatic carbocycles. The molecule has 6 heteroatoms. The van der Waals surface area contributed by atoms with Gasteiger partial charge in [-0.15, -0.1) is 11.6 Å². The Bertz CT molecular complexity index is 493. The predicted octanol–water partition coefficient (Wildman–Crippen LogP) is 1.53. The van der Waals surface area contributed by atoms with Gasteiger partial charge in [-0.25, -0.2) is 13.2 Å². The molecule has 0 aliphatic rings. The summed E-state index contributed by atoms with van der Waals surface area (Å²) in [6.07, 6.45) is 1.02. The highest BCUT2D eigenvalue weighted by Gasteiger charge is 2.13. The van der Waals surface area contributed by atoms with Gasteiger partial charge in [0.1, 0.15) is 0 Å². The molecule has 0 saturated carbocycles. The summed E-state index contributed by atoms with van der Waals surface area (Å²) in [6, 6.07) is 3.84. The van der Waals surface area contributed by atoms with Gasteiger partial charge in [0, 0.05) is 12.1 Å². The van der Waals surface area contributed by atoms with Crippen LogP contribution < -0.4 is 0 Å². The maximum atomic E-state index is 11.2. The van der Waals surface area contributed by atoms with Crippen molar-refractivity contribution in [2.75, 3.05) is 6.26 Å². The predicted molar refractivity (Wildman–Crippen MR) is 56.1 cm³/mol. The van der Waals surface area contributed by atoms with Crippen molar-refractivity contribution in [2.24, 2.45) is 0 Å². The monoisotopic (exact) mass is 248 g/mol. The summed E-state index contributed by atoms with van der Waals surface area (Å²) in [5, 5.41) is 8.76. The molecule has 1 aromatic carbocycles. The third kappa shape index (κ3) is 2.94. The molecule has 82 valence electrons. The molecule has 0 radical (unpaired) electrons. The van der Waals surface area contributed by atoms with Gasteiger partial charge in [0.05, 0.1) is 10.5 Å². The molecule has 0 unspecified atom stereocenters. The van der Waals surface area contributed by atoms with E-state index in [4.69, 9.17) is 16.7 Å². The average Bonchev–Trinajstić information content (AvgIpc) is 2.15. The number of hydrogen-bond donors (Lipinski definition) is 1. The van der Waals surface area contributed by atoms with Crippen LogP contribution in [0.3, 0.4) is 0 Å². The number of aromatic carboxylic acids is 1. The molecule has 0 aromatic heterocycles. The van der Waals surface area contributed by atoms with Crippen LogP contribution in [0.15, 0.2) is 23.1 Å². The number of carboxylic acids is 1. The third-order valence-corrected chi connectivity index (χ3v) is 3.20. The van der Waals surface area contributed by atoms with Gasteiger partial charge in [-0.05, 0) is 23.8 Å². The average molecular weight is 249 g/mol. The quantitative estimate of drug-likeness (QED) is 0.824. The molecule has 0 atom stereocenters. The lowest BCUT2D eigenvalue weighted by atomic mass is 10.1. The Morgan fingerprint density at radius 3 is 2.40 bits per heavy atom. The third-order valence-electron chi connectivity index (χ3n) is 1.80. The Balaban J connectivity index is 3.43. The van der Waals surface area contributed by atoms with Crippen molar-refractivity contribution in [2.45, 2.75) is 10.8 Å². The topological polar surface area (TPSA) is 71.4 Å². The van der Waals surface area contributed by atoms with E-state index in [9.17, 15) is 13.2 Å². The van der Waals surface area contributed by atoms with Crippen LogP contribution in [0.25, 0.3) is 0 Å². The number of sulfone groups is 1. The Hall–Kier alpha value is -1.07. The van der Waals surface area contributed by atoms with Crippen molar-refractivity contribution in [3.8, 4) is 0 Å². The number of rotatable bonds is 3. The first-order valence-corrected chi connectivity index (χ1v) is 6.40. The summed E-state index contributed by atoms with van der Waals surface area (Å²) in [6.45, 7) is 0. The maximum absolute atomic E-state index is 11.2. The van der Waals surface area contributed by atoms with Gasteiger partial charge in [0.15, 0.2) is 9.84 Å².